The van der Waals surface area contributed by atoms with E-state index in [2.05, 4.69) is 4.99 Å². The Labute approximate surface area is 222 Å². The minimum Gasteiger partial charge on any atom is -0.506 e. The molecule has 1 aliphatic heterocycles. The molecular formula is C29H22ClFN2O3S. The SMILES string of the molecule is CCOC(=O)C1=C(O)/C(=C/c2cn(Cc3c(F)cccc3Cl)c3ccccc23)SC1=Nc1ccccc1. The molecule has 0 bridgehead atoms. The van der Waals surface area contributed by atoms with Crippen LogP contribution in [0, 0.1) is 5.82 Å². The van der Waals surface area contributed by atoms with Gasteiger partial charge in [0.2, 0.25) is 0 Å². The van der Waals surface area contributed by atoms with Crippen LogP contribution in [0.25, 0.3) is 17.0 Å². The summed E-state index contributed by atoms with van der Waals surface area (Å²) in [6.07, 6.45) is 3.68. The molecule has 0 unspecified atom stereocenters. The number of esters is 1. The molecule has 1 aliphatic rings. The van der Waals surface area contributed by atoms with Crippen molar-refractivity contribution >= 4 is 57.0 Å². The Bertz CT molecular complexity index is 1570. The van der Waals surface area contributed by atoms with E-state index in [0.29, 0.717) is 26.2 Å². The lowest BCUT2D eigenvalue weighted by molar-refractivity contribution is -0.138. The molecule has 0 fully saturated rings. The molecule has 0 radical (unpaired) electrons. The maximum Gasteiger partial charge on any atom is 0.344 e. The van der Waals surface area contributed by atoms with Crippen LogP contribution in [0.2, 0.25) is 5.02 Å². The van der Waals surface area contributed by atoms with E-state index in [0.717, 1.165) is 16.5 Å². The van der Waals surface area contributed by atoms with Crippen molar-refractivity contribution in [3.63, 3.8) is 0 Å². The second-order valence-electron chi connectivity index (χ2n) is 8.24. The number of halogens is 2. The van der Waals surface area contributed by atoms with Gasteiger partial charge in [-0.25, -0.2) is 14.2 Å². The highest BCUT2D eigenvalue weighted by molar-refractivity contribution is 8.18. The van der Waals surface area contributed by atoms with Crippen LogP contribution >= 0.6 is 23.4 Å². The van der Waals surface area contributed by atoms with Crippen molar-refractivity contribution in [3.8, 4) is 0 Å². The number of carbonyl (C=O) groups is 1. The maximum absolute atomic E-state index is 14.5. The summed E-state index contributed by atoms with van der Waals surface area (Å²) in [6.45, 7) is 2.11. The van der Waals surface area contributed by atoms with Crippen molar-refractivity contribution in [2.45, 2.75) is 13.5 Å². The summed E-state index contributed by atoms with van der Waals surface area (Å²) in [5.41, 5.74) is 2.75. The second kappa shape index (κ2) is 10.7. The fraction of sp³-hybridized carbons (Fsp3) is 0.103. The normalized spacial score (nSPS) is 15.8. The number of aliphatic imine (C=N–C) groups is 1. The van der Waals surface area contributed by atoms with Crippen LogP contribution in [-0.4, -0.2) is 27.3 Å². The van der Waals surface area contributed by atoms with E-state index in [-0.39, 0.29) is 30.3 Å². The average Bonchev–Trinajstić information content (AvgIpc) is 3.39. The number of aliphatic hydroxyl groups is 1. The maximum atomic E-state index is 14.5. The molecule has 0 saturated heterocycles. The number of para-hydroxylation sites is 2. The van der Waals surface area contributed by atoms with Crippen molar-refractivity contribution in [3.05, 3.63) is 117 Å². The van der Waals surface area contributed by atoms with Crippen LogP contribution < -0.4 is 0 Å². The molecule has 37 heavy (non-hydrogen) atoms. The number of nitrogens with zero attached hydrogens (tertiary/aromatic N) is 2. The lowest BCUT2D eigenvalue weighted by Crippen LogP contribution is -2.12. The number of aromatic nitrogens is 1. The molecule has 8 heteroatoms. The highest BCUT2D eigenvalue weighted by Gasteiger charge is 2.33. The summed E-state index contributed by atoms with van der Waals surface area (Å²) >= 11 is 7.48. The van der Waals surface area contributed by atoms with Crippen LogP contribution in [0.15, 0.2) is 100 Å². The standard InChI is InChI=1S/C29H22ClFN2O3S/c1-2-36-29(35)26-27(34)25(37-28(26)32-19-9-4-3-5-10-19)15-18-16-33(24-14-7-6-11-20(18)24)17-21-22(30)12-8-13-23(21)31/h3-16,34H,2,17H2,1H3/b25-15-,32-28?. The average molecular weight is 533 g/mol. The highest BCUT2D eigenvalue weighted by atomic mass is 35.5. The number of ether oxygens (including phenoxy) is 1. The van der Waals surface area contributed by atoms with Crippen molar-refractivity contribution in [2.75, 3.05) is 6.61 Å². The monoisotopic (exact) mass is 532 g/mol. The smallest absolute Gasteiger partial charge is 0.344 e. The third-order valence-corrected chi connectivity index (χ3v) is 7.23. The number of hydrogen-bond donors (Lipinski definition) is 1. The molecule has 0 atom stereocenters. The van der Waals surface area contributed by atoms with Gasteiger partial charge in [-0.1, -0.05) is 65.8 Å². The van der Waals surface area contributed by atoms with Crippen LogP contribution in [0.3, 0.4) is 0 Å². The summed E-state index contributed by atoms with van der Waals surface area (Å²) in [5, 5.41) is 12.7. The van der Waals surface area contributed by atoms with E-state index >= 15 is 0 Å². The fourth-order valence-corrected chi connectivity index (χ4v) is 5.38. The number of hydrogen-bond acceptors (Lipinski definition) is 5. The molecular weight excluding hydrogens is 511 g/mol. The predicted octanol–water partition coefficient (Wildman–Crippen LogP) is 7.68. The summed E-state index contributed by atoms with van der Waals surface area (Å²) in [5.74, 6) is -1.20. The van der Waals surface area contributed by atoms with Gasteiger partial charge in [-0.3, -0.25) is 0 Å². The molecule has 1 aromatic heterocycles. The van der Waals surface area contributed by atoms with Crippen LogP contribution in [0.1, 0.15) is 18.1 Å². The van der Waals surface area contributed by atoms with Crippen molar-refractivity contribution in [1.82, 2.24) is 4.57 Å². The zero-order valence-electron chi connectivity index (χ0n) is 19.8. The largest absolute Gasteiger partial charge is 0.506 e. The lowest BCUT2D eigenvalue weighted by Gasteiger charge is -2.08. The lowest BCUT2D eigenvalue weighted by atomic mass is 10.1. The Kier molecular flexibility index (Phi) is 7.17. The first-order valence-electron chi connectivity index (χ1n) is 11.6. The summed E-state index contributed by atoms with van der Waals surface area (Å²) < 4.78 is 21.6. The molecule has 5 nitrogen and oxygen atoms in total. The van der Waals surface area contributed by atoms with Gasteiger partial charge in [-0.15, -0.1) is 0 Å². The van der Waals surface area contributed by atoms with Crippen molar-refractivity contribution < 1.29 is 19.0 Å². The molecule has 3 aromatic carbocycles. The first-order valence-corrected chi connectivity index (χ1v) is 12.8. The zero-order chi connectivity index (χ0) is 25.9. The van der Waals surface area contributed by atoms with Crippen LogP contribution in [0.4, 0.5) is 10.1 Å². The zero-order valence-corrected chi connectivity index (χ0v) is 21.4. The summed E-state index contributed by atoms with van der Waals surface area (Å²) in [7, 11) is 0. The molecule has 0 aliphatic carbocycles. The number of benzene rings is 3. The number of carbonyl (C=O) groups excluding carboxylic acids is 1. The molecule has 186 valence electrons. The van der Waals surface area contributed by atoms with Gasteiger partial charge in [0.25, 0.3) is 0 Å². The minimum atomic E-state index is -0.637. The molecule has 1 N–H and O–H groups in total. The van der Waals surface area contributed by atoms with Gasteiger partial charge < -0.3 is 14.4 Å². The number of rotatable bonds is 6. The first kappa shape index (κ1) is 24.9. The Balaban J connectivity index is 1.59. The Hall–Kier alpha value is -3.81. The van der Waals surface area contributed by atoms with Gasteiger partial charge in [-0.05, 0) is 43.3 Å². The van der Waals surface area contributed by atoms with E-state index in [1.807, 2.05) is 65.4 Å². The number of fused-ring (bicyclic) bond motifs is 1. The number of thioether (sulfide) groups is 1. The van der Waals surface area contributed by atoms with E-state index < -0.39 is 5.97 Å². The second-order valence-corrected chi connectivity index (χ2v) is 9.67. The Morgan fingerprint density at radius 3 is 2.62 bits per heavy atom. The van der Waals surface area contributed by atoms with Gasteiger partial charge in [0.05, 0.1) is 23.7 Å². The highest BCUT2D eigenvalue weighted by Crippen LogP contribution is 2.41. The van der Waals surface area contributed by atoms with Gasteiger partial charge in [0.15, 0.2) is 0 Å². The van der Waals surface area contributed by atoms with Gasteiger partial charge >= 0.3 is 5.97 Å². The molecule has 0 amide bonds. The summed E-state index contributed by atoms with van der Waals surface area (Å²) in [4.78, 5) is 17.8. The number of aliphatic hydroxyl groups excluding tert-OH is 1. The molecule has 0 spiro atoms. The minimum absolute atomic E-state index is 0.0313. The van der Waals surface area contributed by atoms with E-state index in [4.69, 9.17) is 16.3 Å². The first-order chi connectivity index (χ1) is 18.0. The predicted molar refractivity (Wildman–Crippen MR) is 148 cm³/mol. The third-order valence-electron chi connectivity index (χ3n) is 5.85. The topological polar surface area (TPSA) is 63.8 Å². The molecule has 0 saturated carbocycles. The molecule has 5 rings (SSSR count). The quantitative estimate of drug-likeness (QED) is 0.259. The summed E-state index contributed by atoms with van der Waals surface area (Å²) in [6, 6.07) is 21.5. The Morgan fingerprint density at radius 1 is 1.11 bits per heavy atom. The van der Waals surface area contributed by atoms with Crippen molar-refractivity contribution in [1.29, 1.82) is 0 Å². The van der Waals surface area contributed by atoms with Gasteiger partial charge in [0.1, 0.15) is 22.2 Å². The van der Waals surface area contributed by atoms with E-state index in [1.54, 1.807) is 25.1 Å². The van der Waals surface area contributed by atoms with Gasteiger partial charge in [-0.2, -0.15) is 0 Å². The fourth-order valence-electron chi connectivity index (χ4n) is 4.13. The van der Waals surface area contributed by atoms with E-state index in [9.17, 15) is 14.3 Å². The molecule has 4 aromatic rings. The Morgan fingerprint density at radius 2 is 1.86 bits per heavy atom. The van der Waals surface area contributed by atoms with Crippen LogP contribution in [0.5, 0.6) is 0 Å². The third kappa shape index (κ3) is 5.05. The van der Waals surface area contributed by atoms with Crippen molar-refractivity contribution in [2.24, 2.45) is 4.99 Å². The van der Waals surface area contributed by atoms with E-state index in [1.165, 1.54) is 17.8 Å². The van der Waals surface area contributed by atoms with Gasteiger partial charge in [0, 0.05) is 33.2 Å². The van der Waals surface area contributed by atoms with Crippen LogP contribution in [-0.2, 0) is 16.1 Å². The molecule has 2 heterocycles.